The molecule has 1 atom stereocenters. The highest BCUT2D eigenvalue weighted by atomic mass is 16.6. The van der Waals surface area contributed by atoms with Crippen LogP contribution < -0.4 is 20.5 Å². The van der Waals surface area contributed by atoms with Gasteiger partial charge in [0.1, 0.15) is 13.2 Å². The van der Waals surface area contributed by atoms with Crippen LogP contribution in [0.1, 0.15) is 30.6 Å². The Morgan fingerprint density at radius 3 is 2.70 bits per heavy atom. The third kappa shape index (κ3) is 3.87. The Hall–Kier alpha value is -1.75. The van der Waals surface area contributed by atoms with Gasteiger partial charge in [0.15, 0.2) is 11.5 Å². The Morgan fingerprint density at radius 2 is 2.00 bits per heavy atom. The Balaban J connectivity index is 1.92. The van der Waals surface area contributed by atoms with Crippen molar-refractivity contribution in [3.8, 4) is 11.5 Å². The van der Waals surface area contributed by atoms with Crippen LogP contribution in [0.5, 0.6) is 11.5 Å². The highest BCUT2D eigenvalue weighted by Gasteiger charge is 2.15. The van der Waals surface area contributed by atoms with Gasteiger partial charge in [-0.15, -0.1) is 0 Å². The number of nitrogens with one attached hydrogen (secondary N) is 1. The van der Waals surface area contributed by atoms with E-state index in [9.17, 15) is 4.79 Å². The number of nitrogens with two attached hydrogens (primary N) is 1. The van der Waals surface area contributed by atoms with Crippen LogP contribution in [0.15, 0.2) is 18.2 Å². The zero-order valence-electron chi connectivity index (χ0n) is 12.0. The fraction of sp³-hybridized carbons (Fsp3) is 0.533. The number of fused-ring (bicyclic) bond motifs is 1. The van der Waals surface area contributed by atoms with E-state index >= 15 is 0 Å². The second-order valence-corrected chi connectivity index (χ2v) is 5.46. The fourth-order valence-corrected chi connectivity index (χ4v) is 2.20. The van der Waals surface area contributed by atoms with Gasteiger partial charge in [-0.05, 0) is 30.5 Å². The second-order valence-electron chi connectivity index (χ2n) is 5.46. The van der Waals surface area contributed by atoms with E-state index in [4.69, 9.17) is 15.2 Å². The highest BCUT2D eigenvalue weighted by molar-refractivity contribution is 5.94. The number of hydrogen-bond acceptors (Lipinski definition) is 4. The Bertz CT molecular complexity index is 474. The molecule has 0 aliphatic carbocycles. The summed E-state index contributed by atoms with van der Waals surface area (Å²) in [6.45, 7) is 5.76. The molecule has 5 heteroatoms. The van der Waals surface area contributed by atoms with Crippen molar-refractivity contribution in [3.05, 3.63) is 23.8 Å². The number of benzene rings is 1. The van der Waals surface area contributed by atoms with Gasteiger partial charge in [-0.2, -0.15) is 0 Å². The summed E-state index contributed by atoms with van der Waals surface area (Å²) >= 11 is 0. The first-order chi connectivity index (χ1) is 9.56. The van der Waals surface area contributed by atoms with E-state index in [-0.39, 0.29) is 11.9 Å². The van der Waals surface area contributed by atoms with Crippen molar-refractivity contribution >= 4 is 5.91 Å². The van der Waals surface area contributed by atoms with Crippen LogP contribution in [0.2, 0.25) is 0 Å². The van der Waals surface area contributed by atoms with Crippen molar-refractivity contribution in [2.75, 3.05) is 19.8 Å². The molecule has 1 heterocycles. The molecule has 0 bridgehead atoms. The monoisotopic (exact) mass is 278 g/mol. The molecule has 5 nitrogen and oxygen atoms in total. The molecule has 1 aromatic carbocycles. The molecule has 0 fully saturated rings. The average Bonchev–Trinajstić information content (AvgIpc) is 2.43. The Kier molecular flexibility index (Phi) is 4.84. The summed E-state index contributed by atoms with van der Waals surface area (Å²) in [4.78, 5) is 12.1. The molecule has 0 aromatic heterocycles. The summed E-state index contributed by atoms with van der Waals surface area (Å²) in [5, 5.41) is 2.85. The zero-order valence-corrected chi connectivity index (χ0v) is 12.0. The highest BCUT2D eigenvalue weighted by Crippen LogP contribution is 2.30. The lowest BCUT2D eigenvalue weighted by Crippen LogP contribution is -2.38. The summed E-state index contributed by atoms with van der Waals surface area (Å²) in [6.07, 6.45) is 0.890. The Labute approximate surface area is 119 Å². The predicted octanol–water partition coefficient (Wildman–Crippen LogP) is 1.56. The van der Waals surface area contributed by atoms with E-state index in [0.717, 1.165) is 6.42 Å². The summed E-state index contributed by atoms with van der Waals surface area (Å²) in [5.74, 6) is 1.69. The van der Waals surface area contributed by atoms with Crippen LogP contribution >= 0.6 is 0 Å². The largest absolute Gasteiger partial charge is 0.486 e. The lowest BCUT2D eigenvalue weighted by atomic mass is 10.0. The number of carbonyl (C=O) groups excluding carboxylic acids is 1. The van der Waals surface area contributed by atoms with E-state index < -0.39 is 0 Å². The molecule has 0 spiro atoms. The summed E-state index contributed by atoms with van der Waals surface area (Å²) in [7, 11) is 0. The number of hydrogen-bond donors (Lipinski definition) is 2. The summed E-state index contributed by atoms with van der Waals surface area (Å²) in [6, 6.07) is 5.18. The molecule has 0 saturated carbocycles. The molecule has 0 radical (unpaired) electrons. The maximum atomic E-state index is 12.1. The first-order valence-electron chi connectivity index (χ1n) is 6.99. The van der Waals surface area contributed by atoms with Gasteiger partial charge >= 0.3 is 0 Å². The smallest absolute Gasteiger partial charge is 0.251 e. The van der Waals surface area contributed by atoms with Crippen LogP contribution in [0.3, 0.4) is 0 Å². The van der Waals surface area contributed by atoms with Crippen LogP contribution in [0, 0.1) is 5.92 Å². The van der Waals surface area contributed by atoms with Crippen LogP contribution in [-0.4, -0.2) is 31.7 Å². The third-order valence-electron chi connectivity index (χ3n) is 3.10. The normalized spacial score (nSPS) is 15.0. The van der Waals surface area contributed by atoms with E-state index in [1.165, 1.54) is 0 Å². The quantitative estimate of drug-likeness (QED) is 0.857. The van der Waals surface area contributed by atoms with Gasteiger partial charge in [0.25, 0.3) is 5.91 Å². The maximum Gasteiger partial charge on any atom is 0.251 e. The molecule has 1 amide bonds. The molecule has 110 valence electrons. The minimum Gasteiger partial charge on any atom is -0.486 e. The maximum absolute atomic E-state index is 12.1. The molecular weight excluding hydrogens is 256 g/mol. The number of amides is 1. The molecule has 3 N–H and O–H groups in total. The van der Waals surface area contributed by atoms with Crippen molar-refractivity contribution in [3.63, 3.8) is 0 Å². The molecule has 1 aromatic rings. The first-order valence-corrected chi connectivity index (χ1v) is 6.99. The van der Waals surface area contributed by atoms with Crippen molar-refractivity contribution < 1.29 is 14.3 Å². The number of carbonyl (C=O) groups is 1. The van der Waals surface area contributed by atoms with Crippen LogP contribution in [0.4, 0.5) is 0 Å². The minimum absolute atomic E-state index is 0.0174. The molecule has 1 aliphatic heterocycles. The fourth-order valence-electron chi connectivity index (χ4n) is 2.20. The predicted molar refractivity (Wildman–Crippen MR) is 77.2 cm³/mol. The zero-order chi connectivity index (χ0) is 14.5. The molecule has 20 heavy (non-hydrogen) atoms. The first kappa shape index (κ1) is 14.7. The number of rotatable bonds is 5. The second kappa shape index (κ2) is 6.61. The topological polar surface area (TPSA) is 73.6 Å². The van der Waals surface area contributed by atoms with Crippen molar-refractivity contribution in [1.29, 1.82) is 0 Å². The van der Waals surface area contributed by atoms with Gasteiger partial charge in [-0.3, -0.25) is 4.79 Å². The third-order valence-corrected chi connectivity index (χ3v) is 3.10. The SMILES string of the molecule is CC(C)CC(N)CNC(=O)c1ccc2c(c1)OCCO2. The van der Waals surface area contributed by atoms with Crippen LogP contribution in [-0.2, 0) is 0 Å². The van der Waals surface area contributed by atoms with Gasteiger partial charge in [-0.25, -0.2) is 0 Å². The summed E-state index contributed by atoms with van der Waals surface area (Å²) < 4.78 is 10.9. The lowest BCUT2D eigenvalue weighted by Gasteiger charge is -2.19. The van der Waals surface area contributed by atoms with Crippen LogP contribution in [0.25, 0.3) is 0 Å². The molecule has 1 aliphatic rings. The minimum atomic E-state index is -0.138. The lowest BCUT2D eigenvalue weighted by molar-refractivity contribution is 0.0949. The van der Waals surface area contributed by atoms with Crippen molar-refractivity contribution in [2.24, 2.45) is 11.7 Å². The van der Waals surface area contributed by atoms with Gasteiger partial charge in [-0.1, -0.05) is 13.8 Å². The van der Waals surface area contributed by atoms with Gasteiger partial charge < -0.3 is 20.5 Å². The van der Waals surface area contributed by atoms with Gasteiger partial charge in [0, 0.05) is 18.2 Å². The molecule has 1 unspecified atom stereocenters. The Morgan fingerprint density at radius 1 is 1.30 bits per heavy atom. The molecule has 2 rings (SSSR count). The number of ether oxygens (including phenoxy) is 2. The van der Waals surface area contributed by atoms with E-state index in [0.29, 0.717) is 42.7 Å². The molecule has 0 saturated heterocycles. The molecular formula is C15H22N2O3. The van der Waals surface area contributed by atoms with E-state index in [1.54, 1.807) is 18.2 Å². The van der Waals surface area contributed by atoms with Gasteiger partial charge in [0.05, 0.1) is 0 Å². The van der Waals surface area contributed by atoms with E-state index in [2.05, 4.69) is 19.2 Å². The standard InChI is InChI=1S/C15H22N2O3/c1-10(2)7-12(16)9-17-15(18)11-3-4-13-14(8-11)20-6-5-19-13/h3-4,8,10,12H,5-7,9,16H2,1-2H3,(H,17,18). The average molecular weight is 278 g/mol. The van der Waals surface area contributed by atoms with E-state index in [1.807, 2.05) is 0 Å². The van der Waals surface area contributed by atoms with Crippen molar-refractivity contribution in [1.82, 2.24) is 5.32 Å². The van der Waals surface area contributed by atoms with Gasteiger partial charge in [0.2, 0.25) is 0 Å². The summed E-state index contributed by atoms with van der Waals surface area (Å²) in [5.41, 5.74) is 6.51. The van der Waals surface area contributed by atoms with Crippen molar-refractivity contribution in [2.45, 2.75) is 26.3 Å².